The van der Waals surface area contributed by atoms with E-state index >= 15 is 0 Å². The molecule has 2 aromatic carbocycles. The topological polar surface area (TPSA) is 55.8 Å². The van der Waals surface area contributed by atoms with Crippen LogP contribution in [-0.2, 0) is 15.5 Å². The maximum atomic E-state index is 13.9. The molecule has 6 heteroatoms. The van der Waals surface area contributed by atoms with Crippen LogP contribution in [0, 0.1) is 0 Å². The van der Waals surface area contributed by atoms with Crippen LogP contribution >= 0.6 is 0 Å². The summed E-state index contributed by atoms with van der Waals surface area (Å²) in [5.41, 5.74) is -0.217. The molecule has 1 N–H and O–H groups in total. The molecule has 0 spiro atoms. The minimum Gasteiger partial charge on any atom is -0.497 e. The molecule has 0 atom stereocenters. The fourth-order valence-corrected chi connectivity index (χ4v) is 1.93. The van der Waals surface area contributed by atoms with Gasteiger partial charge in [0.2, 0.25) is 0 Å². The number of fused-ring (bicyclic) bond motifs is 1. The molecule has 0 unspecified atom stereocenters. The van der Waals surface area contributed by atoms with E-state index in [1.807, 2.05) is 0 Å². The third-order valence-electron chi connectivity index (χ3n) is 2.98. The molecule has 0 saturated heterocycles. The van der Waals surface area contributed by atoms with Crippen LogP contribution in [0.5, 0.6) is 5.75 Å². The number of aliphatic carboxylic acids is 1. The van der Waals surface area contributed by atoms with E-state index in [2.05, 4.69) is 4.74 Å². The van der Waals surface area contributed by atoms with Crippen LogP contribution in [0.25, 0.3) is 10.8 Å². The summed E-state index contributed by atoms with van der Waals surface area (Å²) in [4.78, 5) is 10.3. The largest absolute Gasteiger partial charge is 0.497 e. The van der Waals surface area contributed by atoms with Gasteiger partial charge in [0.1, 0.15) is 19.0 Å². The third-order valence-corrected chi connectivity index (χ3v) is 2.98. The number of carbonyl (C=O) groups is 1. The van der Waals surface area contributed by atoms with Gasteiger partial charge in [-0.2, -0.15) is 8.78 Å². The van der Waals surface area contributed by atoms with Crippen molar-refractivity contribution in [2.75, 3.05) is 20.3 Å². The fourth-order valence-electron chi connectivity index (χ4n) is 1.93. The maximum absolute atomic E-state index is 13.9. The van der Waals surface area contributed by atoms with Crippen LogP contribution < -0.4 is 4.74 Å². The molecule has 0 aliphatic heterocycles. The highest BCUT2D eigenvalue weighted by atomic mass is 19.3. The molecule has 4 nitrogen and oxygen atoms in total. The summed E-state index contributed by atoms with van der Waals surface area (Å²) >= 11 is 0. The van der Waals surface area contributed by atoms with E-state index in [9.17, 15) is 13.6 Å². The van der Waals surface area contributed by atoms with E-state index in [4.69, 9.17) is 9.84 Å². The number of halogens is 2. The van der Waals surface area contributed by atoms with Crippen LogP contribution in [0.15, 0.2) is 36.4 Å². The first-order valence-corrected chi connectivity index (χ1v) is 6.18. The molecule has 0 amide bonds. The Morgan fingerprint density at radius 1 is 1.19 bits per heavy atom. The monoisotopic (exact) mass is 296 g/mol. The van der Waals surface area contributed by atoms with Crippen molar-refractivity contribution in [3.63, 3.8) is 0 Å². The number of hydrogen-bond donors (Lipinski definition) is 1. The fraction of sp³-hybridized carbons (Fsp3) is 0.267. The Morgan fingerprint density at radius 3 is 2.52 bits per heavy atom. The Hall–Kier alpha value is -2.21. The zero-order chi connectivity index (χ0) is 15.5. The van der Waals surface area contributed by atoms with E-state index in [-0.39, 0.29) is 5.56 Å². The zero-order valence-electron chi connectivity index (χ0n) is 11.3. The molecule has 0 heterocycles. The number of ether oxygens (including phenoxy) is 2. The molecule has 0 bridgehead atoms. The van der Waals surface area contributed by atoms with Gasteiger partial charge < -0.3 is 14.6 Å². The number of rotatable bonds is 6. The smallest absolute Gasteiger partial charge is 0.329 e. The summed E-state index contributed by atoms with van der Waals surface area (Å²) in [6.45, 7) is -1.72. The van der Waals surface area contributed by atoms with Crippen molar-refractivity contribution in [2.24, 2.45) is 0 Å². The van der Waals surface area contributed by atoms with E-state index in [0.29, 0.717) is 11.1 Å². The van der Waals surface area contributed by atoms with E-state index < -0.39 is 25.1 Å². The van der Waals surface area contributed by atoms with Crippen LogP contribution in [0.2, 0.25) is 0 Å². The number of carboxylic acid groups (broad SMARTS) is 1. The first-order valence-electron chi connectivity index (χ1n) is 6.18. The lowest BCUT2D eigenvalue weighted by molar-refractivity contribution is -0.147. The van der Waals surface area contributed by atoms with Gasteiger partial charge in [0.05, 0.1) is 7.11 Å². The number of methoxy groups -OCH3 is 1. The van der Waals surface area contributed by atoms with Crippen LogP contribution in [-0.4, -0.2) is 31.4 Å². The average Bonchev–Trinajstić information content (AvgIpc) is 2.45. The van der Waals surface area contributed by atoms with Crippen molar-refractivity contribution in [3.8, 4) is 5.75 Å². The predicted octanol–water partition coefficient (Wildman–Crippen LogP) is 3.04. The van der Waals surface area contributed by atoms with Crippen molar-refractivity contribution >= 4 is 16.7 Å². The minimum atomic E-state index is -3.25. The van der Waals surface area contributed by atoms with Crippen molar-refractivity contribution in [1.82, 2.24) is 0 Å². The second kappa shape index (κ2) is 6.05. The maximum Gasteiger partial charge on any atom is 0.329 e. The first kappa shape index (κ1) is 15.2. The minimum absolute atomic E-state index is 0.217. The van der Waals surface area contributed by atoms with Gasteiger partial charge in [0.25, 0.3) is 5.92 Å². The van der Waals surface area contributed by atoms with Crippen molar-refractivity contribution in [3.05, 3.63) is 42.0 Å². The van der Waals surface area contributed by atoms with Crippen molar-refractivity contribution in [1.29, 1.82) is 0 Å². The summed E-state index contributed by atoms with van der Waals surface area (Å²) in [6.07, 6.45) is 0. The van der Waals surface area contributed by atoms with E-state index in [1.165, 1.54) is 19.2 Å². The van der Waals surface area contributed by atoms with Crippen molar-refractivity contribution < 1.29 is 28.2 Å². The van der Waals surface area contributed by atoms with Crippen LogP contribution in [0.4, 0.5) is 8.78 Å². The van der Waals surface area contributed by atoms with Gasteiger partial charge in [-0.1, -0.05) is 18.2 Å². The summed E-state index contributed by atoms with van der Waals surface area (Å²) in [5.74, 6) is -3.88. The highest BCUT2D eigenvalue weighted by Gasteiger charge is 2.32. The Kier molecular flexibility index (Phi) is 4.37. The Balaban J connectivity index is 2.22. The molecular weight excluding hydrogens is 282 g/mol. The summed E-state index contributed by atoms with van der Waals surface area (Å²) in [6, 6.07) is 9.35. The molecule has 0 radical (unpaired) electrons. The number of hydrogen-bond acceptors (Lipinski definition) is 3. The highest BCUT2D eigenvalue weighted by Crippen LogP contribution is 2.31. The van der Waals surface area contributed by atoms with Gasteiger partial charge in [-0.05, 0) is 29.0 Å². The summed E-state index contributed by atoms with van der Waals surface area (Å²) in [5, 5.41) is 9.81. The van der Waals surface area contributed by atoms with Gasteiger partial charge in [0.15, 0.2) is 0 Å². The first-order chi connectivity index (χ1) is 9.92. The molecular formula is C15H14F2O4. The number of alkyl halides is 2. The average molecular weight is 296 g/mol. The summed E-state index contributed by atoms with van der Waals surface area (Å²) < 4.78 is 37.4. The van der Waals surface area contributed by atoms with Crippen LogP contribution in [0.1, 0.15) is 5.56 Å². The lowest BCUT2D eigenvalue weighted by Gasteiger charge is -2.17. The molecule has 0 aromatic heterocycles. The number of benzene rings is 2. The van der Waals surface area contributed by atoms with Crippen LogP contribution in [0.3, 0.4) is 0 Å². The summed E-state index contributed by atoms with van der Waals surface area (Å²) in [7, 11) is 1.53. The predicted molar refractivity (Wildman–Crippen MR) is 72.8 cm³/mol. The molecule has 0 aliphatic carbocycles. The number of carboxylic acids is 1. The zero-order valence-corrected chi connectivity index (χ0v) is 11.3. The Morgan fingerprint density at radius 2 is 1.86 bits per heavy atom. The van der Waals surface area contributed by atoms with Gasteiger partial charge in [-0.15, -0.1) is 0 Å². The molecule has 21 heavy (non-hydrogen) atoms. The quantitative estimate of drug-likeness (QED) is 0.890. The molecule has 112 valence electrons. The standard InChI is InChI=1S/C15H14F2O4/c1-20-13-5-3-10-6-12(4-2-11(10)7-13)15(16,17)9-21-8-14(18)19/h2-7H,8-9H2,1H3,(H,18,19). The molecule has 0 saturated carbocycles. The molecule has 2 aromatic rings. The van der Waals surface area contributed by atoms with Gasteiger partial charge in [-0.25, -0.2) is 4.79 Å². The van der Waals surface area contributed by atoms with Gasteiger partial charge in [-0.3, -0.25) is 0 Å². The van der Waals surface area contributed by atoms with E-state index in [1.54, 1.807) is 24.3 Å². The van der Waals surface area contributed by atoms with Gasteiger partial charge >= 0.3 is 5.97 Å². The van der Waals surface area contributed by atoms with Crippen molar-refractivity contribution in [2.45, 2.75) is 5.92 Å². The lowest BCUT2D eigenvalue weighted by atomic mass is 10.0. The molecule has 2 rings (SSSR count). The Labute approximate surface area is 119 Å². The normalized spacial score (nSPS) is 11.6. The Bertz CT molecular complexity index is 655. The third kappa shape index (κ3) is 3.66. The second-order valence-corrected chi connectivity index (χ2v) is 4.52. The molecule has 0 fully saturated rings. The molecule has 0 aliphatic rings. The van der Waals surface area contributed by atoms with E-state index in [0.717, 1.165) is 5.39 Å². The lowest BCUT2D eigenvalue weighted by Crippen LogP contribution is -2.23. The SMILES string of the molecule is COc1ccc2cc(C(F)(F)COCC(=O)O)ccc2c1. The van der Waals surface area contributed by atoms with Gasteiger partial charge in [0, 0.05) is 5.56 Å². The second-order valence-electron chi connectivity index (χ2n) is 4.52. The highest BCUT2D eigenvalue weighted by molar-refractivity contribution is 5.84.